The van der Waals surface area contributed by atoms with Gasteiger partial charge in [0.1, 0.15) is 5.75 Å². The van der Waals surface area contributed by atoms with Crippen molar-refractivity contribution in [1.82, 2.24) is 5.32 Å². The van der Waals surface area contributed by atoms with Gasteiger partial charge in [-0.15, -0.1) is 0 Å². The molecule has 4 rings (SSSR count). The molecule has 0 saturated heterocycles. The second kappa shape index (κ2) is 10.2. The number of ketones is 1. The van der Waals surface area contributed by atoms with Crippen LogP contribution in [-0.4, -0.2) is 37.7 Å². The van der Waals surface area contributed by atoms with E-state index < -0.39 is 11.9 Å². The Morgan fingerprint density at radius 1 is 1.11 bits per heavy atom. The predicted octanol–water partition coefficient (Wildman–Crippen LogP) is 5.10. The molecule has 0 spiro atoms. The first kappa shape index (κ1) is 24.9. The summed E-state index contributed by atoms with van der Waals surface area (Å²) in [5, 5.41) is 13.7. The number of esters is 1. The van der Waals surface area contributed by atoms with Gasteiger partial charge in [-0.1, -0.05) is 12.1 Å². The minimum atomic E-state index is -0.652. The topological polar surface area (TPSA) is 94.1 Å². The number of halogens is 1. The summed E-state index contributed by atoms with van der Waals surface area (Å²) in [6, 6.07) is 11.1. The second-order valence-corrected chi connectivity index (χ2v) is 9.42. The number of hydrogen-bond donors (Lipinski definition) is 2. The molecule has 1 aliphatic heterocycles. The number of nitrogens with one attached hydrogen (secondary N) is 1. The predicted molar refractivity (Wildman–Crippen MR) is 135 cm³/mol. The number of rotatable bonds is 6. The van der Waals surface area contributed by atoms with Crippen molar-refractivity contribution in [3.63, 3.8) is 0 Å². The molecule has 35 heavy (non-hydrogen) atoms. The summed E-state index contributed by atoms with van der Waals surface area (Å²) >= 11 is 3.37. The Bertz CT molecular complexity index is 1230. The molecule has 0 radical (unpaired) electrons. The number of dihydropyridines is 1. The molecule has 2 N–H and O–H groups in total. The zero-order chi connectivity index (χ0) is 25.3. The number of carbonyl (C=O) groups is 2. The Hall–Kier alpha value is -3.26. The highest BCUT2D eigenvalue weighted by Crippen LogP contribution is 2.48. The van der Waals surface area contributed by atoms with Gasteiger partial charge in [-0.3, -0.25) is 4.79 Å². The molecule has 1 aliphatic carbocycles. The average Bonchev–Trinajstić information content (AvgIpc) is 2.84. The third kappa shape index (κ3) is 4.67. The lowest BCUT2D eigenvalue weighted by Gasteiger charge is -2.37. The number of carbonyl (C=O) groups excluding carboxylic acids is 2. The van der Waals surface area contributed by atoms with Crippen LogP contribution in [0.3, 0.4) is 0 Å². The molecule has 7 nitrogen and oxygen atoms in total. The van der Waals surface area contributed by atoms with Crippen molar-refractivity contribution in [3.05, 3.63) is 74.5 Å². The maximum atomic E-state index is 13.7. The fourth-order valence-electron chi connectivity index (χ4n) is 4.88. The van der Waals surface area contributed by atoms with Gasteiger partial charge in [-0.2, -0.15) is 0 Å². The van der Waals surface area contributed by atoms with Gasteiger partial charge in [0.05, 0.1) is 30.9 Å². The van der Waals surface area contributed by atoms with E-state index in [2.05, 4.69) is 21.2 Å². The van der Waals surface area contributed by atoms with Crippen molar-refractivity contribution in [3.8, 4) is 17.2 Å². The van der Waals surface area contributed by atoms with Crippen LogP contribution in [-0.2, 0) is 14.3 Å². The van der Waals surface area contributed by atoms with E-state index in [0.29, 0.717) is 39.7 Å². The maximum absolute atomic E-state index is 13.7. The Morgan fingerprint density at radius 2 is 1.83 bits per heavy atom. The van der Waals surface area contributed by atoms with Crippen LogP contribution in [0.1, 0.15) is 49.7 Å². The minimum absolute atomic E-state index is 0.00154. The van der Waals surface area contributed by atoms with E-state index in [-0.39, 0.29) is 29.8 Å². The van der Waals surface area contributed by atoms with Gasteiger partial charge >= 0.3 is 5.97 Å². The largest absolute Gasteiger partial charge is 0.503 e. The van der Waals surface area contributed by atoms with Gasteiger partial charge in [0.25, 0.3) is 0 Å². The zero-order valence-electron chi connectivity index (χ0n) is 20.1. The van der Waals surface area contributed by atoms with E-state index in [1.54, 1.807) is 26.2 Å². The fourth-order valence-corrected chi connectivity index (χ4v) is 5.34. The van der Waals surface area contributed by atoms with Gasteiger partial charge in [0.2, 0.25) is 0 Å². The number of phenols is 1. The van der Waals surface area contributed by atoms with Crippen LogP contribution in [0.25, 0.3) is 0 Å². The maximum Gasteiger partial charge on any atom is 0.336 e. The molecule has 0 bridgehead atoms. The summed E-state index contributed by atoms with van der Waals surface area (Å²) in [5.74, 6) is -0.220. The summed E-state index contributed by atoms with van der Waals surface area (Å²) in [6.07, 6.45) is 0.933. The van der Waals surface area contributed by atoms with E-state index in [4.69, 9.17) is 14.2 Å². The third-order valence-corrected chi connectivity index (χ3v) is 7.12. The first-order chi connectivity index (χ1) is 16.8. The van der Waals surface area contributed by atoms with Crippen LogP contribution in [0.15, 0.2) is 63.4 Å². The Morgan fingerprint density at radius 3 is 2.46 bits per heavy atom. The summed E-state index contributed by atoms with van der Waals surface area (Å²) in [7, 11) is 3.08. The monoisotopic (exact) mass is 541 g/mol. The molecule has 1 heterocycles. The van der Waals surface area contributed by atoms with Crippen molar-refractivity contribution in [2.75, 3.05) is 20.8 Å². The van der Waals surface area contributed by atoms with Crippen LogP contribution in [0, 0.1) is 0 Å². The molecule has 0 saturated carbocycles. The molecule has 2 atom stereocenters. The van der Waals surface area contributed by atoms with E-state index in [1.165, 1.54) is 7.11 Å². The van der Waals surface area contributed by atoms with E-state index in [0.717, 1.165) is 17.0 Å². The number of aromatic hydroxyl groups is 1. The van der Waals surface area contributed by atoms with Crippen LogP contribution in [0.5, 0.6) is 17.2 Å². The van der Waals surface area contributed by atoms with Gasteiger partial charge in [0, 0.05) is 29.3 Å². The van der Waals surface area contributed by atoms with E-state index in [1.807, 2.05) is 31.2 Å². The van der Waals surface area contributed by atoms with Gasteiger partial charge in [0.15, 0.2) is 17.3 Å². The molecule has 184 valence electrons. The van der Waals surface area contributed by atoms with Gasteiger partial charge in [-0.25, -0.2) is 4.79 Å². The quantitative estimate of drug-likeness (QED) is 0.491. The highest BCUT2D eigenvalue weighted by molar-refractivity contribution is 9.10. The average molecular weight is 542 g/mol. The molecular weight excluding hydrogens is 514 g/mol. The summed E-state index contributed by atoms with van der Waals surface area (Å²) < 4.78 is 16.4. The minimum Gasteiger partial charge on any atom is -0.503 e. The summed E-state index contributed by atoms with van der Waals surface area (Å²) in [4.78, 5) is 26.7. The van der Waals surface area contributed by atoms with Gasteiger partial charge in [-0.05, 0) is 77.5 Å². The zero-order valence-corrected chi connectivity index (χ0v) is 21.7. The second-order valence-electron chi connectivity index (χ2n) is 8.56. The number of phenolic OH excluding ortho intramolecular Hbond substituents is 1. The lowest BCUT2D eigenvalue weighted by atomic mass is 9.71. The number of benzene rings is 2. The number of allylic oxidation sites excluding steroid dienone is 3. The molecule has 2 aromatic rings. The number of ether oxygens (including phenoxy) is 3. The molecule has 2 aromatic carbocycles. The Balaban J connectivity index is 1.82. The summed E-state index contributed by atoms with van der Waals surface area (Å²) in [6.45, 7) is 3.77. The Kier molecular flexibility index (Phi) is 7.21. The molecule has 8 heteroatoms. The third-order valence-electron chi connectivity index (χ3n) is 6.51. The molecule has 2 aliphatic rings. The smallest absolute Gasteiger partial charge is 0.336 e. The van der Waals surface area contributed by atoms with E-state index >= 15 is 0 Å². The standard InChI is InChI=1S/C27H28BrNO6/c1-5-35-27(32)23-14(2)29-20-11-16(15-6-8-18(33-3)9-7-15)12-21(30)25(20)24(23)17-10-19(28)26(31)22(13-17)34-4/h6-10,13,16,24,29,31H,5,11-12H2,1-4H3/t16-,24+/m0/s1. The number of methoxy groups -OCH3 is 2. The number of Topliss-reactive ketones (excluding diaryl/α,β-unsaturated/α-hetero) is 1. The summed E-state index contributed by atoms with van der Waals surface area (Å²) in [5.41, 5.74) is 4.05. The van der Waals surface area contributed by atoms with Crippen molar-refractivity contribution in [2.24, 2.45) is 0 Å². The molecule has 0 amide bonds. The van der Waals surface area contributed by atoms with Crippen LogP contribution in [0.2, 0.25) is 0 Å². The fraction of sp³-hybridized carbons (Fsp3) is 0.333. The highest BCUT2D eigenvalue weighted by Gasteiger charge is 2.41. The lowest BCUT2D eigenvalue weighted by molar-refractivity contribution is -0.138. The first-order valence-corrected chi connectivity index (χ1v) is 12.2. The normalized spacial score (nSPS) is 19.7. The molecular formula is C27H28BrNO6. The Labute approximate surface area is 212 Å². The van der Waals surface area contributed by atoms with Crippen molar-refractivity contribution >= 4 is 27.7 Å². The lowest BCUT2D eigenvalue weighted by Crippen LogP contribution is -2.36. The highest BCUT2D eigenvalue weighted by atomic mass is 79.9. The first-order valence-electron chi connectivity index (χ1n) is 11.4. The van der Waals surface area contributed by atoms with Crippen LogP contribution < -0.4 is 14.8 Å². The molecule has 0 aromatic heterocycles. The van der Waals surface area contributed by atoms with Crippen LogP contribution in [0.4, 0.5) is 0 Å². The van der Waals surface area contributed by atoms with Crippen molar-refractivity contribution < 1.29 is 28.9 Å². The molecule has 0 unspecified atom stereocenters. The molecule has 0 fully saturated rings. The SMILES string of the molecule is CCOC(=O)C1=C(C)NC2=C(C(=O)C[C@@H](c3ccc(OC)cc3)C2)[C@@H]1c1cc(Br)c(O)c(OC)c1. The van der Waals surface area contributed by atoms with Crippen LogP contribution >= 0.6 is 15.9 Å². The van der Waals surface area contributed by atoms with Crippen molar-refractivity contribution in [1.29, 1.82) is 0 Å². The van der Waals surface area contributed by atoms with Crippen molar-refractivity contribution in [2.45, 2.75) is 38.5 Å². The number of hydrogen-bond acceptors (Lipinski definition) is 7. The van der Waals surface area contributed by atoms with Gasteiger partial charge < -0.3 is 24.6 Å². The van der Waals surface area contributed by atoms with E-state index in [9.17, 15) is 14.7 Å².